The van der Waals surface area contributed by atoms with E-state index in [0.29, 0.717) is 0 Å². The number of nitrogens with zero attached hydrogens (tertiary/aromatic N) is 2. The van der Waals surface area contributed by atoms with Crippen LogP contribution in [0.15, 0.2) is 24.4 Å². The molecule has 0 saturated heterocycles. The summed E-state index contributed by atoms with van der Waals surface area (Å²) >= 11 is 1.70. The second-order valence-electron chi connectivity index (χ2n) is 3.64. The van der Waals surface area contributed by atoms with Crippen LogP contribution in [0.5, 0.6) is 0 Å². The first-order valence-electron chi connectivity index (χ1n) is 5.64. The highest BCUT2D eigenvalue weighted by molar-refractivity contribution is 7.11. The van der Waals surface area contributed by atoms with Gasteiger partial charge in [0.15, 0.2) is 0 Å². The van der Waals surface area contributed by atoms with Crippen molar-refractivity contribution in [3.8, 4) is 0 Å². The Kier molecular flexibility index (Phi) is 3.93. The van der Waals surface area contributed by atoms with Crippen molar-refractivity contribution in [2.75, 3.05) is 17.2 Å². The van der Waals surface area contributed by atoms with Crippen LogP contribution in [0.1, 0.15) is 16.8 Å². The standard InChI is InChI=1S/C12H16N4S/c1-3-13-11-5-4-6-12(16-11)15-8-10-7-14-9(2)17-10/h4-7H,3,8H2,1-2H3,(H2,13,15,16). The summed E-state index contributed by atoms with van der Waals surface area (Å²) in [5.74, 6) is 1.78. The predicted octanol–water partition coefficient (Wildman–Crippen LogP) is 2.89. The van der Waals surface area contributed by atoms with E-state index in [2.05, 4.69) is 27.5 Å². The molecule has 0 amide bonds. The normalized spacial score (nSPS) is 10.2. The van der Waals surface area contributed by atoms with Gasteiger partial charge in [-0.1, -0.05) is 6.07 Å². The van der Waals surface area contributed by atoms with Gasteiger partial charge >= 0.3 is 0 Å². The van der Waals surface area contributed by atoms with Crippen LogP contribution >= 0.6 is 11.3 Å². The molecule has 0 unspecified atom stereocenters. The largest absolute Gasteiger partial charge is 0.370 e. The minimum Gasteiger partial charge on any atom is -0.370 e. The molecule has 0 aliphatic heterocycles. The van der Waals surface area contributed by atoms with E-state index in [1.165, 1.54) is 4.88 Å². The van der Waals surface area contributed by atoms with Gasteiger partial charge in [0, 0.05) is 17.6 Å². The lowest BCUT2D eigenvalue weighted by atomic mass is 10.4. The molecule has 0 atom stereocenters. The van der Waals surface area contributed by atoms with E-state index < -0.39 is 0 Å². The highest BCUT2D eigenvalue weighted by Gasteiger charge is 1.99. The Morgan fingerprint density at radius 1 is 1.24 bits per heavy atom. The van der Waals surface area contributed by atoms with Crippen LogP contribution in [0.4, 0.5) is 11.6 Å². The molecule has 17 heavy (non-hydrogen) atoms. The second kappa shape index (κ2) is 5.63. The molecule has 2 heterocycles. The van der Waals surface area contributed by atoms with Crippen molar-refractivity contribution >= 4 is 23.0 Å². The molecule has 2 rings (SSSR count). The van der Waals surface area contributed by atoms with Crippen molar-refractivity contribution in [1.29, 1.82) is 0 Å². The molecule has 0 spiro atoms. The zero-order valence-corrected chi connectivity index (χ0v) is 10.8. The molecule has 90 valence electrons. The lowest BCUT2D eigenvalue weighted by Crippen LogP contribution is -2.03. The van der Waals surface area contributed by atoms with Gasteiger partial charge in [-0.2, -0.15) is 0 Å². The average Bonchev–Trinajstić information content (AvgIpc) is 2.74. The summed E-state index contributed by atoms with van der Waals surface area (Å²) in [5.41, 5.74) is 0. The molecule has 0 saturated carbocycles. The average molecular weight is 248 g/mol. The maximum absolute atomic E-state index is 4.45. The van der Waals surface area contributed by atoms with Gasteiger partial charge in [-0.25, -0.2) is 9.97 Å². The fraction of sp³-hybridized carbons (Fsp3) is 0.333. The number of rotatable bonds is 5. The zero-order valence-electron chi connectivity index (χ0n) is 10.0. The first kappa shape index (κ1) is 11.9. The molecule has 0 aliphatic carbocycles. The molecular weight excluding hydrogens is 232 g/mol. The Balaban J connectivity index is 1.96. The lowest BCUT2D eigenvalue weighted by Gasteiger charge is -2.06. The number of aryl methyl sites for hydroxylation is 1. The Hall–Kier alpha value is -1.62. The van der Waals surface area contributed by atoms with Gasteiger partial charge in [0.05, 0.1) is 11.6 Å². The number of aromatic nitrogens is 2. The van der Waals surface area contributed by atoms with E-state index >= 15 is 0 Å². The van der Waals surface area contributed by atoms with Crippen LogP contribution in [-0.2, 0) is 6.54 Å². The van der Waals surface area contributed by atoms with Crippen LogP contribution in [0, 0.1) is 6.92 Å². The Morgan fingerprint density at radius 2 is 2.00 bits per heavy atom. The number of anilines is 2. The number of nitrogens with one attached hydrogen (secondary N) is 2. The van der Waals surface area contributed by atoms with Crippen molar-refractivity contribution in [3.63, 3.8) is 0 Å². The lowest BCUT2D eigenvalue weighted by molar-refractivity contribution is 1.11. The molecule has 4 nitrogen and oxygen atoms in total. The molecule has 0 aromatic carbocycles. The van der Waals surface area contributed by atoms with Crippen LogP contribution in [0.25, 0.3) is 0 Å². The highest BCUT2D eigenvalue weighted by atomic mass is 32.1. The summed E-state index contributed by atoms with van der Waals surface area (Å²) in [7, 11) is 0. The molecule has 0 radical (unpaired) electrons. The molecule has 0 bridgehead atoms. The minimum absolute atomic E-state index is 0.772. The molecular formula is C12H16N4S. The number of hydrogen-bond donors (Lipinski definition) is 2. The van der Waals surface area contributed by atoms with Gasteiger partial charge in [-0.15, -0.1) is 11.3 Å². The SMILES string of the molecule is CCNc1cccc(NCc2cnc(C)s2)n1. The summed E-state index contributed by atoms with van der Waals surface area (Å²) < 4.78 is 0. The molecule has 0 fully saturated rings. The van der Waals surface area contributed by atoms with Crippen molar-refractivity contribution in [3.05, 3.63) is 34.3 Å². The number of pyridine rings is 1. The fourth-order valence-corrected chi connectivity index (χ4v) is 2.21. The van der Waals surface area contributed by atoms with E-state index in [0.717, 1.165) is 29.7 Å². The first-order valence-corrected chi connectivity index (χ1v) is 6.45. The maximum Gasteiger partial charge on any atom is 0.128 e. The number of hydrogen-bond acceptors (Lipinski definition) is 5. The third kappa shape index (κ3) is 3.42. The molecule has 2 N–H and O–H groups in total. The van der Waals surface area contributed by atoms with E-state index in [4.69, 9.17) is 0 Å². The van der Waals surface area contributed by atoms with Crippen LogP contribution in [0.2, 0.25) is 0 Å². The summed E-state index contributed by atoms with van der Waals surface area (Å²) in [6.45, 7) is 5.72. The van der Waals surface area contributed by atoms with E-state index in [-0.39, 0.29) is 0 Å². The summed E-state index contributed by atoms with van der Waals surface area (Å²) in [5, 5.41) is 7.58. The van der Waals surface area contributed by atoms with Crippen molar-refractivity contribution in [2.45, 2.75) is 20.4 Å². The van der Waals surface area contributed by atoms with Gasteiger partial charge in [-0.3, -0.25) is 0 Å². The van der Waals surface area contributed by atoms with Gasteiger partial charge in [0.25, 0.3) is 0 Å². The van der Waals surface area contributed by atoms with Crippen LogP contribution < -0.4 is 10.6 Å². The van der Waals surface area contributed by atoms with Crippen molar-refractivity contribution in [1.82, 2.24) is 9.97 Å². The second-order valence-corrected chi connectivity index (χ2v) is 4.96. The van der Waals surface area contributed by atoms with Gasteiger partial charge in [0.2, 0.25) is 0 Å². The molecule has 5 heteroatoms. The monoisotopic (exact) mass is 248 g/mol. The van der Waals surface area contributed by atoms with Crippen LogP contribution in [0.3, 0.4) is 0 Å². The highest BCUT2D eigenvalue weighted by Crippen LogP contribution is 2.14. The molecule has 0 aliphatic rings. The topological polar surface area (TPSA) is 49.8 Å². The number of thiazole rings is 1. The summed E-state index contributed by atoms with van der Waals surface area (Å²) in [6.07, 6.45) is 1.90. The van der Waals surface area contributed by atoms with Crippen LogP contribution in [-0.4, -0.2) is 16.5 Å². The summed E-state index contributed by atoms with van der Waals surface area (Å²) in [4.78, 5) is 9.89. The van der Waals surface area contributed by atoms with E-state index in [9.17, 15) is 0 Å². The summed E-state index contributed by atoms with van der Waals surface area (Å²) in [6, 6.07) is 5.92. The molecule has 2 aromatic heterocycles. The Morgan fingerprint density at radius 3 is 2.65 bits per heavy atom. The maximum atomic E-state index is 4.45. The van der Waals surface area contributed by atoms with Crippen molar-refractivity contribution < 1.29 is 0 Å². The zero-order chi connectivity index (χ0) is 12.1. The Labute approximate surface area is 105 Å². The Bertz CT molecular complexity index is 481. The fourth-order valence-electron chi connectivity index (χ4n) is 1.48. The van der Waals surface area contributed by atoms with Crippen molar-refractivity contribution in [2.24, 2.45) is 0 Å². The van der Waals surface area contributed by atoms with E-state index in [1.807, 2.05) is 31.3 Å². The smallest absolute Gasteiger partial charge is 0.128 e. The van der Waals surface area contributed by atoms with Gasteiger partial charge in [0.1, 0.15) is 11.6 Å². The molecule has 2 aromatic rings. The van der Waals surface area contributed by atoms with E-state index in [1.54, 1.807) is 11.3 Å². The third-order valence-corrected chi connectivity index (χ3v) is 3.13. The minimum atomic E-state index is 0.772. The van der Waals surface area contributed by atoms with Gasteiger partial charge in [-0.05, 0) is 26.0 Å². The predicted molar refractivity (Wildman–Crippen MR) is 72.6 cm³/mol. The first-order chi connectivity index (χ1) is 8.28. The quantitative estimate of drug-likeness (QED) is 0.854. The van der Waals surface area contributed by atoms with Gasteiger partial charge < -0.3 is 10.6 Å². The third-order valence-electron chi connectivity index (χ3n) is 2.22.